The van der Waals surface area contributed by atoms with Gasteiger partial charge < -0.3 is 20.1 Å². The monoisotopic (exact) mass is 337 g/mol. The van der Waals surface area contributed by atoms with Gasteiger partial charge in [-0.2, -0.15) is 0 Å². The van der Waals surface area contributed by atoms with Crippen molar-refractivity contribution in [3.8, 4) is 11.4 Å². The van der Waals surface area contributed by atoms with E-state index < -0.39 is 0 Å². The normalized spacial score (nSPS) is 10.7. The number of halogens is 1. The standard InChI is InChI=1S/C16H20ClN3O3/c1-11-14(16(22)18-6-3-8-23-9-7-21)20-15(19-11)12-4-2-5-13(17)10-12/h2,4-5,10,21H,3,6-9H2,1H3,(H,18,22)(H,19,20). The Balaban J connectivity index is 1.94. The number of rotatable bonds is 8. The minimum atomic E-state index is -0.228. The van der Waals surface area contributed by atoms with Crippen molar-refractivity contribution in [3.63, 3.8) is 0 Å². The SMILES string of the molecule is Cc1[nH]c(-c2cccc(Cl)c2)nc1C(=O)NCCCOCCO. The van der Waals surface area contributed by atoms with Crippen molar-refractivity contribution in [1.82, 2.24) is 15.3 Å². The predicted molar refractivity (Wildman–Crippen MR) is 88.6 cm³/mol. The van der Waals surface area contributed by atoms with Crippen LogP contribution in [0.4, 0.5) is 0 Å². The number of carbonyl (C=O) groups is 1. The molecule has 0 aliphatic carbocycles. The highest BCUT2D eigenvalue weighted by molar-refractivity contribution is 6.30. The Kier molecular flexibility index (Phi) is 6.58. The first-order valence-electron chi connectivity index (χ1n) is 7.41. The van der Waals surface area contributed by atoms with Crippen LogP contribution in [0.1, 0.15) is 22.6 Å². The second kappa shape index (κ2) is 8.67. The van der Waals surface area contributed by atoms with E-state index in [1.807, 2.05) is 12.1 Å². The summed E-state index contributed by atoms with van der Waals surface area (Å²) in [6, 6.07) is 7.29. The van der Waals surface area contributed by atoms with Crippen LogP contribution < -0.4 is 5.32 Å². The number of aliphatic hydroxyl groups is 1. The summed E-state index contributed by atoms with van der Waals surface area (Å²) in [5.41, 5.74) is 1.90. The molecule has 0 atom stereocenters. The summed E-state index contributed by atoms with van der Waals surface area (Å²) in [4.78, 5) is 19.6. The number of H-pyrrole nitrogens is 1. The fourth-order valence-electron chi connectivity index (χ4n) is 2.08. The highest BCUT2D eigenvalue weighted by Crippen LogP contribution is 2.21. The Morgan fingerprint density at radius 3 is 3.00 bits per heavy atom. The van der Waals surface area contributed by atoms with E-state index in [-0.39, 0.29) is 12.5 Å². The lowest BCUT2D eigenvalue weighted by atomic mass is 10.2. The van der Waals surface area contributed by atoms with Crippen LogP contribution in [0.15, 0.2) is 24.3 Å². The number of aryl methyl sites for hydroxylation is 1. The molecule has 124 valence electrons. The first kappa shape index (κ1) is 17.5. The minimum absolute atomic E-state index is 0.00506. The Morgan fingerprint density at radius 2 is 2.26 bits per heavy atom. The quantitative estimate of drug-likeness (QED) is 0.644. The molecule has 0 unspecified atom stereocenters. The van der Waals surface area contributed by atoms with Gasteiger partial charge in [-0.3, -0.25) is 4.79 Å². The van der Waals surface area contributed by atoms with Crippen molar-refractivity contribution in [2.45, 2.75) is 13.3 Å². The number of aromatic nitrogens is 2. The molecule has 2 aromatic rings. The zero-order valence-corrected chi connectivity index (χ0v) is 13.7. The second-order valence-corrected chi connectivity index (χ2v) is 5.45. The topological polar surface area (TPSA) is 87.2 Å². The predicted octanol–water partition coefficient (Wildman–Crippen LogP) is 2.17. The average Bonchev–Trinajstić information content (AvgIpc) is 2.92. The zero-order chi connectivity index (χ0) is 16.7. The van der Waals surface area contributed by atoms with Crippen molar-refractivity contribution in [2.24, 2.45) is 0 Å². The lowest BCUT2D eigenvalue weighted by molar-refractivity contribution is 0.0865. The molecule has 0 saturated carbocycles. The summed E-state index contributed by atoms with van der Waals surface area (Å²) in [5.74, 6) is 0.385. The van der Waals surface area contributed by atoms with E-state index in [0.29, 0.717) is 48.4 Å². The van der Waals surface area contributed by atoms with E-state index in [4.69, 9.17) is 21.4 Å². The maximum absolute atomic E-state index is 12.2. The van der Waals surface area contributed by atoms with Gasteiger partial charge in [0.05, 0.1) is 13.2 Å². The third kappa shape index (κ3) is 5.06. The molecule has 0 spiro atoms. The first-order valence-corrected chi connectivity index (χ1v) is 7.79. The molecular weight excluding hydrogens is 318 g/mol. The van der Waals surface area contributed by atoms with Gasteiger partial charge in [0.25, 0.3) is 5.91 Å². The minimum Gasteiger partial charge on any atom is -0.394 e. The molecule has 1 aromatic carbocycles. The van der Waals surface area contributed by atoms with Crippen LogP contribution in [-0.4, -0.2) is 47.3 Å². The third-order valence-corrected chi connectivity index (χ3v) is 3.42. The number of carbonyl (C=O) groups excluding carboxylic acids is 1. The molecule has 0 fully saturated rings. The summed E-state index contributed by atoms with van der Waals surface area (Å²) >= 11 is 5.98. The van der Waals surface area contributed by atoms with Crippen LogP contribution in [0.2, 0.25) is 5.02 Å². The fraction of sp³-hybridized carbons (Fsp3) is 0.375. The van der Waals surface area contributed by atoms with Crippen LogP contribution in [0.5, 0.6) is 0 Å². The van der Waals surface area contributed by atoms with E-state index in [1.165, 1.54) is 0 Å². The number of aliphatic hydroxyl groups excluding tert-OH is 1. The highest BCUT2D eigenvalue weighted by Gasteiger charge is 2.15. The van der Waals surface area contributed by atoms with Gasteiger partial charge in [-0.15, -0.1) is 0 Å². The summed E-state index contributed by atoms with van der Waals surface area (Å²) in [6.45, 7) is 3.11. The number of aromatic amines is 1. The molecule has 1 aromatic heterocycles. The van der Waals surface area contributed by atoms with Crippen molar-refractivity contribution >= 4 is 17.5 Å². The maximum atomic E-state index is 12.2. The number of ether oxygens (including phenoxy) is 1. The fourth-order valence-corrected chi connectivity index (χ4v) is 2.27. The van der Waals surface area contributed by atoms with Crippen LogP contribution in [0, 0.1) is 6.92 Å². The van der Waals surface area contributed by atoms with Crippen LogP contribution in [0.25, 0.3) is 11.4 Å². The highest BCUT2D eigenvalue weighted by atomic mass is 35.5. The summed E-state index contributed by atoms with van der Waals surface area (Å²) in [6.07, 6.45) is 0.677. The number of amides is 1. The van der Waals surface area contributed by atoms with Crippen LogP contribution >= 0.6 is 11.6 Å². The lowest BCUT2D eigenvalue weighted by Crippen LogP contribution is -2.26. The Hall–Kier alpha value is -1.89. The van der Waals surface area contributed by atoms with Gasteiger partial charge in [-0.25, -0.2) is 4.98 Å². The summed E-state index contributed by atoms with van der Waals surface area (Å²) in [7, 11) is 0. The van der Waals surface area contributed by atoms with Gasteiger partial charge in [0.2, 0.25) is 0 Å². The smallest absolute Gasteiger partial charge is 0.271 e. The molecule has 6 nitrogen and oxygen atoms in total. The number of benzene rings is 1. The van der Waals surface area contributed by atoms with Gasteiger partial charge in [0.15, 0.2) is 0 Å². The van der Waals surface area contributed by atoms with Crippen molar-refractivity contribution in [1.29, 1.82) is 0 Å². The Labute approximate surface area is 139 Å². The van der Waals surface area contributed by atoms with Gasteiger partial charge >= 0.3 is 0 Å². The average molecular weight is 338 g/mol. The molecule has 3 N–H and O–H groups in total. The molecule has 1 amide bonds. The number of imidazole rings is 1. The van der Waals surface area contributed by atoms with Crippen molar-refractivity contribution < 1.29 is 14.6 Å². The van der Waals surface area contributed by atoms with E-state index in [1.54, 1.807) is 19.1 Å². The molecule has 23 heavy (non-hydrogen) atoms. The summed E-state index contributed by atoms with van der Waals surface area (Å²) < 4.78 is 5.13. The van der Waals surface area contributed by atoms with Gasteiger partial charge in [0.1, 0.15) is 11.5 Å². The zero-order valence-electron chi connectivity index (χ0n) is 12.9. The van der Waals surface area contributed by atoms with E-state index in [0.717, 1.165) is 5.56 Å². The molecule has 0 aliphatic rings. The molecule has 0 aliphatic heterocycles. The van der Waals surface area contributed by atoms with Gasteiger partial charge in [-0.05, 0) is 25.5 Å². The van der Waals surface area contributed by atoms with Gasteiger partial charge in [0, 0.05) is 29.4 Å². The molecule has 0 saturated heterocycles. The third-order valence-electron chi connectivity index (χ3n) is 3.18. The van der Waals surface area contributed by atoms with Crippen LogP contribution in [0.3, 0.4) is 0 Å². The largest absolute Gasteiger partial charge is 0.394 e. The maximum Gasteiger partial charge on any atom is 0.271 e. The second-order valence-electron chi connectivity index (χ2n) is 5.01. The first-order chi connectivity index (χ1) is 11.1. The van der Waals surface area contributed by atoms with E-state index >= 15 is 0 Å². The Morgan fingerprint density at radius 1 is 1.43 bits per heavy atom. The molecule has 0 bridgehead atoms. The van der Waals surface area contributed by atoms with Crippen LogP contribution in [-0.2, 0) is 4.74 Å². The molecule has 7 heteroatoms. The molecule has 1 heterocycles. The Bertz CT molecular complexity index is 658. The molecule has 2 rings (SSSR count). The van der Waals surface area contributed by atoms with Gasteiger partial charge in [-0.1, -0.05) is 23.7 Å². The number of hydrogen-bond acceptors (Lipinski definition) is 4. The van der Waals surface area contributed by atoms with E-state index in [2.05, 4.69) is 15.3 Å². The molecule has 0 radical (unpaired) electrons. The van der Waals surface area contributed by atoms with Crippen molar-refractivity contribution in [2.75, 3.05) is 26.4 Å². The number of hydrogen-bond donors (Lipinski definition) is 3. The lowest BCUT2D eigenvalue weighted by Gasteiger charge is -2.04. The van der Waals surface area contributed by atoms with Crippen molar-refractivity contribution in [3.05, 3.63) is 40.7 Å². The summed E-state index contributed by atoms with van der Waals surface area (Å²) in [5, 5.41) is 12.0. The number of nitrogens with zero attached hydrogens (tertiary/aromatic N) is 1. The van der Waals surface area contributed by atoms with E-state index in [9.17, 15) is 4.79 Å². The molecular formula is C16H20ClN3O3. The number of nitrogens with one attached hydrogen (secondary N) is 2.